The third-order valence-corrected chi connectivity index (χ3v) is 12.3. The lowest BCUT2D eigenvalue weighted by Crippen LogP contribution is -2.30. The predicted molar refractivity (Wildman–Crippen MR) is 261 cm³/mol. The van der Waals surface area contributed by atoms with Gasteiger partial charge in [-0.2, -0.15) is 0 Å². The van der Waals surface area contributed by atoms with Crippen LogP contribution < -0.4 is 0 Å². The van der Waals surface area contributed by atoms with Crippen LogP contribution in [0.15, 0.2) is 12.2 Å². The lowest BCUT2D eigenvalue weighted by atomic mass is 10.0. The fourth-order valence-electron chi connectivity index (χ4n) is 8.21. The molecule has 0 aromatic carbocycles. The number of esters is 2. The maximum Gasteiger partial charge on any atom is 0.306 e. The second-order valence-electron chi connectivity index (χ2n) is 18.5. The van der Waals surface area contributed by atoms with E-state index in [1.165, 1.54) is 231 Å². The molecule has 1 atom stereocenters. The molecule has 0 aliphatic heterocycles. The van der Waals surface area contributed by atoms with Gasteiger partial charge in [0.1, 0.15) is 6.61 Å². The van der Waals surface area contributed by atoms with Crippen molar-refractivity contribution >= 4 is 11.9 Å². The second-order valence-corrected chi connectivity index (χ2v) is 18.5. The number of carbonyl (C=O) groups is 2. The minimum Gasteiger partial charge on any atom is -0.462 e. The van der Waals surface area contributed by atoms with Gasteiger partial charge in [0.05, 0.1) is 6.61 Å². The largest absolute Gasteiger partial charge is 0.462 e. The standard InChI is InChI=1S/C55H106O5/c1-4-7-10-13-15-17-19-21-23-25-27-29-31-33-35-37-39-41-44-47-50-58-51-53(60-55(57)49-46-42-12-9-6-3)52-59-54(56)48-45-43-40-38-36-34-32-30-28-26-24-22-20-18-16-14-11-8-5-2/h21,23,53H,4-20,22,24-52H2,1-3H3/b23-21-. The molecule has 5 heteroatoms. The average molecular weight is 847 g/mol. The Hall–Kier alpha value is -1.36. The lowest BCUT2D eigenvalue weighted by molar-refractivity contribution is -0.163. The summed E-state index contributed by atoms with van der Waals surface area (Å²) in [4.78, 5) is 25.1. The molecule has 0 saturated heterocycles. The molecule has 0 spiro atoms. The summed E-state index contributed by atoms with van der Waals surface area (Å²) in [6, 6.07) is 0. The van der Waals surface area contributed by atoms with Gasteiger partial charge in [0.2, 0.25) is 0 Å². The number of unbranched alkanes of at least 4 members (excludes halogenated alkanes) is 38. The Morgan fingerprint density at radius 1 is 0.350 bits per heavy atom. The molecule has 5 nitrogen and oxygen atoms in total. The molecule has 0 heterocycles. The molecule has 0 radical (unpaired) electrons. The van der Waals surface area contributed by atoms with Crippen LogP contribution >= 0.6 is 0 Å². The Balaban J connectivity index is 3.92. The molecule has 0 aliphatic rings. The summed E-state index contributed by atoms with van der Waals surface area (Å²) in [5, 5.41) is 0. The first-order valence-corrected chi connectivity index (χ1v) is 27.2. The van der Waals surface area contributed by atoms with Gasteiger partial charge >= 0.3 is 11.9 Å². The molecular weight excluding hydrogens is 741 g/mol. The van der Waals surface area contributed by atoms with Crippen molar-refractivity contribution in [3.05, 3.63) is 12.2 Å². The molecule has 0 aromatic heterocycles. The van der Waals surface area contributed by atoms with Crippen molar-refractivity contribution in [1.82, 2.24) is 0 Å². The molecule has 60 heavy (non-hydrogen) atoms. The van der Waals surface area contributed by atoms with E-state index in [-0.39, 0.29) is 18.5 Å². The molecule has 0 fully saturated rings. The normalized spacial score (nSPS) is 12.1. The molecule has 0 aromatic rings. The monoisotopic (exact) mass is 847 g/mol. The number of hydrogen-bond acceptors (Lipinski definition) is 5. The van der Waals surface area contributed by atoms with Crippen molar-refractivity contribution < 1.29 is 23.8 Å². The molecular formula is C55H106O5. The zero-order valence-electron chi connectivity index (χ0n) is 41.0. The number of rotatable bonds is 51. The van der Waals surface area contributed by atoms with Crippen LogP contribution in [0.5, 0.6) is 0 Å². The Bertz CT molecular complexity index is 871. The Morgan fingerprint density at radius 3 is 1.02 bits per heavy atom. The van der Waals surface area contributed by atoms with Crippen molar-refractivity contribution in [2.24, 2.45) is 0 Å². The van der Waals surface area contributed by atoms with Crippen LogP contribution in [0, 0.1) is 0 Å². The lowest BCUT2D eigenvalue weighted by Gasteiger charge is -2.18. The zero-order valence-corrected chi connectivity index (χ0v) is 41.0. The fourth-order valence-corrected chi connectivity index (χ4v) is 8.21. The summed E-state index contributed by atoms with van der Waals surface area (Å²) in [6.07, 6.45) is 59.8. The minimum atomic E-state index is -0.525. The maximum absolute atomic E-state index is 12.6. The Labute approximate surface area is 375 Å². The number of allylic oxidation sites excluding steroid dienone is 2. The van der Waals surface area contributed by atoms with E-state index in [4.69, 9.17) is 14.2 Å². The minimum absolute atomic E-state index is 0.0927. The molecule has 1 unspecified atom stereocenters. The summed E-state index contributed by atoms with van der Waals surface area (Å²) in [5.74, 6) is -0.389. The summed E-state index contributed by atoms with van der Waals surface area (Å²) in [7, 11) is 0. The highest BCUT2D eigenvalue weighted by atomic mass is 16.6. The van der Waals surface area contributed by atoms with E-state index in [9.17, 15) is 9.59 Å². The van der Waals surface area contributed by atoms with Crippen LogP contribution in [0.1, 0.15) is 303 Å². The fraction of sp³-hybridized carbons (Fsp3) is 0.927. The van der Waals surface area contributed by atoms with Crippen LogP contribution in [0.4, 0.5) is 0 Å². The van der Waals surface area contributed by atoms with Crippen molar-refractivity contribution in [3.8, 4) is 0 Å². The summed E-state index contributed by atoms with van der Waals surface area (Å²) < 4.78 is 17.3. The molecule has 0 rings (SSSR count). The molecule has 0 bridgehead atoms. The van der Waals surface area contributed by atoms with Gasteiger partial charge in [-0.3, -0.25) is 9.59 Å². The van der Waals surface area contributed by atoms with Gasteiger partial charge in [0, 0.05) is 19.4 Å². The molecule has 0 saturated carbocycles. The first-order valence-electron chi connectivity index (χ1n) is 27.2. The van der Waals surface area contributed by atoms with Crippen LogP contribution in [-0.2, 0) is 23.8 Å². The first-order chi connectivity index (χ1) is 29.6. The van der Waals surface area contributed by atoms with E-state index in [0.29, 0.717) is 26.1 Å². The molecule has 0 N–H and O–H groups in total. The van der Waals surface area contributed by atoms with Crippen LogP contribution in [0.3, 0.4) is 0 Å². The van der Waals surface area contributed by atoms with Crippen molar-refractivity contribution in [1.29, 1.82) is 0 Å². The zero-order chi connectivity index (χ0) is 43.5. The van der Waals surface area contributed by atoms with E-state index in [0.717, 1.165) is 38.5 Å². The molecule has 0 aliphatic carbocycles. The smallest absolute Gasteiger partial charge is 0.306 e. The maximum atomic E-state index is 12.6. The number of hydrogen-bond donors (Lipinski definition) is 0. The van der Waals surface area contributed by atoms with Crippen molar-refractivity contribution in [2.75, 3.05) is 19.8 Å². The number of ether oxygens (including phenoxy) is 3. The number of carbonyl (C=O) groups excluding carboxylic acids is 2. The van der Waals surface area contributed by atoms with E-state index < -0.39 is 6.10 Å². The topological polar surface area (TPSA) is 61.8 Å². The highest BCUT2D eigenvalue weighted by Gasteiger charge is 2.17. The summed E-state index contributed by atoms with van der Waals surface area (Å²) in [5.41, 5.74) is 0. The van der Waals surface area contributed by atoms with Crippen molar-refractivity contribution in [2.45, 2.75) is 309 Å². The molecule has 0 amide bonds. The third-order valence-electron chi connectivity index (χ3n) is 12.3. The predicted octanol–water partition coefficient (Wildman–Crippen LogP) is 18.2. The third kappa shape index (κ3) is 49.3. The van der Waals surface area contributed by atoms with Gasteiger partial charge < -0.3 is 14.2 Å². The van der Waals surface area contributed by atoms with Crippen LogP contribution in [-0.4, -0.2) is 37.9 Å². The van der Waals surface area contributed by atoms with E-state index in [1.54, 1.807) is 0 Å². The first kappa shape index (κ1) is 58.6. The van der Waals surface area contributed by atoms with Gasteiger partial charge in [-0.25, -0.2) is 0 Å². The van der Waals surface area contributed by atoms with Crippen molar-refractivity contribution in [3.63, 3.8) is 0 Å². The van der Waals surface area contributed by atoms with E-state index >= 15 is 0 Å². The Morgan fingerprint density at radius 2 is 0.650 bits per heavy atom. The highest BCUT2D eigenvalue weighted by Crippen LogP contribution is 2.16. The van der Waals surface area contributed by atoms with Gasteiger partial charge in [-0.15, -0.1) is 0 Å². The van der Waals surface area contributed by atoms with Gasteiger partial charge in [-0.1, -0.05) is 258 Å². The van der Waals surface area contributed by atoms with Gasteiger partial charge in [-0.05, 0) is 44.9 Å². The highest BCUT2D eigenvalue weighted by molar-refractivity contribution is 5.70. The summed E-state index contributed by atoms with van der Waals surface area (Å²) >= 11 is 0. The summed E-state index contributed by atoms with van der Waals surface area (Å²) in [6.45, 7) is 7.82. The SMILES string of the molecule is CCCCCCCC/C=C\CCCCCCCCCCCCOCC(COC(=O)CCCCCCCCCCCCCCCCCCCCC)OC(=O)CCCCCCC. The van der Waals surface area contributed by atoms with E-state index in [1.807, 2.05) is 0 Å². The second kappa shape index (κ2) is 52.0. The van der Waals surface area contributed by atoms with Gasteiger partial charge in [0.15, 0.2) is 6.10 Å². The van der Waals surface area contributed by atoms with Crippen LogP contribution in [0.2, 0.25) is 0 Å². The Kier molecular flexibility index (Phi) is 50.8. The average Bonchev–Trinajstić information content (AvgIpc) is 3.25. The van der Waals surface area contributed by atoms with Gasteiger partial charge in [0.25, 0.3) is 0 Å². The quantitative estimate of drug-likeness (QED) is 0.0347. The van der Waals surface area contributed by atoms with E-state index in [2.05, 4.69) is 32.9 Å². The van der Waals surface area contributed by atoms with Crippen LogP contribution in [0.25, 0.3) is 0 Å². The molecule has 356 valence electrons.